The van der Waals surface area contributed by atoms with Crippen molar-refractivity contribution in [3.63, 3.8) is 0 Å². The average Bonchev–Trinajstić information content (AvgIpc) is 2.31. The number of sulfone groups is 1. The van der Waals surface area contributed by atoms with Gasteiger partial charge in [-0.2, -0.15) is 0 Å². The standard InChI is InChI=1S/C14H22N2O3S/c1-4-5-11(3)16-14(17)9-20(18,19)12-6-7-13(15)10(2)8-12/h6-8,11H,4-5,9,15H2,1-3H3,(H,16,17). The van der Waals surface area contributed by atoms with Gasteiger partial charge in [0.15, 0.2) is 9.84 Å². The molecule has 0 aliphatic carbocycles. The van der Waals surface area contributed by atoms with E-state index in [9.17, 15) is 13.2 Å². The summed E-state index contributed by atoms with van der Waals surface area (Å²) in [6.07, 6.45) is 1.76. The highest BCUT2D eigenvalue weighted by atomic mass is 32.2. The Morgan fingerprint density at radius 3 is 2.60 bits per heavy atom. The molecule has 0 fully saturated rings. The first-order valence-corrected chi connectivity index (χ1v) is 8.29. The van der Waals surface area contributed by atoms with E-state index in [-0.39, 0.29) is 10.9 Å². The summed E-state index contributed by atoms with van der Waals surface area (Å²) < 4.78 is 24.3. The van der Waals surface area contributed by atoms with Crippen LogP contribution >= 0.6 is 0 Å². The Balaban J connectivity index is 2.79. The molecule has 0 bridgehead atoms. The minimum atomic E-state index is -3.63. The predicted octanol–water partition coefficient (Wildman–Crippen LogP) is 1.66. The lowest BCUT2D eigenvalue weighted by molar-refractivity contribution is -0.119. The van der Waals surface area contributed by atoms with Crippen LogP contribution in [0.15, 0.2) is 23.1 Å². The number of carbonyl (C=O) groups excluding carboxylic acids is 1. The van der Waals surface area contributed by atoms with E-state index in [1.54, 1.807) is 13.0 Å². The summed E-state index contributed by atoms with van der Waals surface area (Å²) in [7, 11) is -3.63. The third-order valence-corrected chi connectivity index (χ3v) is 4.66. The lowest BCUT2D eigenvalue weighted by Gasteiger charge is -2.13. The Morgan fingerprint density at radius 2 is 2.05 bits per heavy atom. The van der Waals surface area contributed by atoms with Crippen LogP contribution < -0.4 is 11.1 Å². The van der Waals surface area contributed by atoms with Crippen molar-refractivity contribution in [1.29, 1.82) is 0 Å². The van der Waals surface area contributed by atoms with Crippen molar-refractivity contribution in [3.8, 4) is 0 Å². The molecule has 112 valence electrons. The van der Waals surface area contributed by atoms with Crippen LogP contribution in [0, 0.1) is 6.92 Å². The molecule has 0 radical (unpaired) electrons. The molecule has 3 N–H and O–H groups in total. The molecule has 5 nitrogen and oxygen atoms in total. The van der Waals surface area contributed by atoms with Crippen LogP contribution in [0.3, 0.4) is 0 Å². The first-order valence-electron chi connectivity index (χ1n) is 6.64. The summed E-state index contributed by atoms with van der Waals surface area (Å²) in [6.45, 7) is 5.61. The van der Waals surface area contributed by atoms with Crippen LogP contribution in [0.2, 0.25) is 0 Å². The zero-order valence-corrected chi connectivity index (χ0v) is 13.0. The van der Waals surface area contributed by atoms with Gasteiger partial charge < -0.3 is 11.1 Å². The molecule has 1 aromatic carbocycles. The number of amides is 1. The van der Waals surface area contributed by atoms with Gasteiger partial charge in [0.2, 0.25) is 5.91 Å². The van der Waals surface area contributed by atoms with Crippen molar-refractivity contribution in [3.05, 3.63) is 23.8 Å². The number of aryl methyl sites for hydroxylation is 1. The van der Waals surface area contributed by atoms with Crippen LogP contribution in [-0.4, -0.2) is 26.1 Å². The third-order valence-electron chi connectivity index (χ3n) is 3.05. The topological polar surface area (TPSA) is 89.3 Å². The quantitative estimate of drug-likeness (QED) is 0.782. The van der Waals surface area contributed by atoms with Gasteiger partial charge in [0.1, 0.15) is 5.75 Å². The van der Waals surface area contributed by atoms with Crippen LogP contribution in [-0.2, 0) is 14.6 Å². The second-order valence-electron chi connectivity index (χ2n) is 5.03. The highest BCUT2D eigenvalue weighted by Crippen LogP contribution is 2.18. The van der Waals surface area contributed by atoms with Gasteiger partial charge in [0, 0.05) is 11.7 Å². The van der Waals surface area contributed by atoms with Crippen LogP contribution in [0.4, 0.5) is 5.69 Å². The van der Waals surface area contributed by atoms with Gasteiger partial charge in [-0.25, -0.2) is 8.42 Å². The molecule has 1 rings (SSSR count). The van der Waals surface area contributed by atoms with Gasteiger partial charge in [-0.15, -0.1) is 0 Å². The lowest BCUT2D eigenvalue weighted by atomic mass is 10.2. The molecule has 0 aromatic heterocycles. The SMILES string of the molecule is CCCC(C)NC(=O)CS(=O)(=O)c1ccc(N)c(C)c1. The maximum absolute atomic E-state index is 12.1. The number of hydrogen-bond acceptors (Lipinski definition) is 4. The lowest BCUT2D eigenvalue weighted by Crippen LogP contribution is -2.36. The van der Waals surface area contributed by atoms with Gasteiger partial charge in [-0.3, -0.25) is 4.79 Å². The van der Waals surface area contributed by atoms with E-state index in [4.69, 9.17) is 5.73 Å². The van der Waals surface area contributed by atoms with Crippen molar-refractivity contribution < 1.29 is 13.2 Å². The van der Waals surface area contributed by atoms with Crippen LogP contribution in [0.5, 0.6) is 0 Å². The van der Waals surface area contributed by atoms with Gasteiger partial charge in [0.05, 0.1) is 4.90 Å². The normalized spacial score (nSPS) is 12.9. The number of carbonyl (C=O) groups is 1. The van der Waals surface area contributed by atoms with Crippen molar-refractivity contribution in [2.75, 3.05) is 11.5 Å². The zero-order chi connectivity index (χ0) is 15.3. The van der Waals surface area contributed by atoms with E-state index in [0.717, 1.165) is 12.8 Å². The number of hydrogen-bond donors (Lipinski definition) is 2. The molecule has 0 aliphatic heterocycles. The maximum atomic E-state index is 12.1. The number of benzene rings is 1. The number of nitrogen functional groups attached to an aromatic ring is 1. The molecule has 0 heterocycles. The number of nitrogens with two attached hydrogens (primary N) is 1. The highest BCUT2D eigenvalue weighted by molar-refractivity contribution is 7.92. The largest absolute Gasteiger partial charge is 0.399 e. The summed E-state index contributed by atoms with van der Waals surface area (Å²) in [5.41, 5.74) is 6.88. The van der Waals surface area contributed by atoms with E-state index in [1.807, 2.05) is 13.8 Å². The van der Waals surface area contributed by atoms with Gasteiger partial charge in [-0.05, 0) is 44.0 Å². The summed E-state index contributed by atoms with van der Waals surface area (Å²) in [6, 6.07) is 4.45. The van der Waals surface area contributed by atoms with E-state index >= 15 is 0 Å². The van der Waals surface area contributed by atoms with Crippen LogP contribution in [0.1, 0.15) is 32.3 Å². The molecule has 0 spiro atoms. The first kappa shape index (κ1) is 16.5. The molecular weight excluding hydrogens is 276 g/mol. The minimum Gasteiger partial charge on any atom is -0.399 e. The van der Waals surface area contributed by atoms with Gasteiger partial charge in [-0.1, -0.05) is 13.3 Å². The Kier molecular flexibility index (Phi) is 5.56. The fourth-order valence-corrected chi connectivity index (χ4v) is 3.15. The second-order valence-corrected chi connectivity index (χ2v) is 7.02. The Labute approximate surface area is 120 Å². The fraction of sp³-hybridized carbons (Fsp3) is 0.500. The highest BCUT2D eigenvalue weighted by Gasteiger charge is 2.20. The van der Waals surface area contributed by atoms with Crippen molar-refractivity contribution in [2.45, 2.75) is 44.6 Å². The smallest absolute Gasteiger partial charge is 0.235 e. The monoisotopic (exact) mass is 298 g/mol. The van der Waals surface area contributed by atoms with Gasteiger partial charge >= 0.3 is 0 Å². The third kappa shape index (κ3) is 4.52. The Bertz CT molecular complexity index is 582. The molecule has 20 heavy (non-hydrogen) atoms. The molecule has 1 atom stereocenters. The Morgan fingerprint density at radius 1 is 1.40 bits per heavy atom. The van der Waals surface area contributed by atoms with E-state index in [1.165, 1.54) is 12.1 Å². The summed E-state index contributed by atoms with van der Waals surface area (Å²) in [5, 5.41) is 2.69. The predicted molar refractivity (Wildman–Crippen MR) is 80.2 cm³/mol. The molecule has 1 aromatic rings. The molecule has 0 aliphatic rings. The van der Waals surface area contributed by atoms with E-state index < -0.39 is 21.5 Å². The first-order chi connectivity index (χ1) is 9.26. The summed E-state index contributed by atoms with van der Waals surface area (Å²) in [5.74, 6) is -1.01. The van der Waals surface area contributed by atoms with Gasteiger partial charge in [0.25, 0.3) is 0 Å². The van der Waals surface area contributed by atoms with E-state index in [0.29, 0.717) is 11.3 Å². The maximum Gasteiger partial charge on any atom is 0.235 e. The molecule has 1 amide bonds. The fourth-order valence-electron chi connectivity index (χ4n) is 1.92. The number of nitrogens with one attached hydrogen (secondary N) is 1. The number of anilines is 1. The van der Waals surface area contributed by atoms with Crippen molar-refractivity contribution >= 4 is 21.4 Å². The summed E-state index contributed by atoms with van der Waals surface area (Å²) in [4.78, 5) is 11.9. The molecule has 0 saturated carbocycles. The van der Waals surface area contributed by atoms with E-state index in [2.05, 4.69) is 5.32 Å². The Hall–Kier alpha value is -1.56. The van der Waals surface area contributed by atoms with Crippen LogP contribution in [0.25, 0.3) is 0 Å². The molecular formula is C14H22N2O3S. The molecule has 6 heteroatoms. The van der Waals surface area contributed by atoms with Crippen molar-refractivity contribution in [2.24, 2.45) is 0 Å². The van der Waals surface area contributed by atoms with Crippen molar-refractivity contribution in [1.82, 2.24) is 5.32 Å². The minimum absolute atomic E-state index is 0.0177. The number of rotatable bonds is 6. The zero-order valence-electron chi connectivity index (χ0n) is 12.1. The summed E-state index contributed by atoms with van der Waals surface area (Å²) >= 11 is 0. The molecule has 0 saturated heterocycles. The average molecular weight is 298 g/mol. The molecule has 1 unspecified atom stereocenters. The second kappa shape index (κ2) is 6.74.